The third-order valence-corrected chi connectivity index (χ3v) is 3.96. The van der Waals surface area contributed by atoms with Gasteiger partial charge in [0.05, 0.1) is 0 Å². The highest BCUT2D eigenvalue weighted by Gasteiger charge is 2.43. The van der Waals surface area contributed by atoms with E-state index in [1.807, 2.05) is 0 Å². The van der Waals surface area contributed by atoms with Crippen molar-refractivity contribution in [2.24, 2.45) is 0 Å². The summed E-state index contributed by atoms with van der Waals surface area (Å²) in [6.45, 7) is 5.45. The van der Waals surface area contributed by atoms with Gasteiger partial charge in [0.1, 0.15) is 6.10 Å². The van der Waals surface area contributed by atoms with Gasteiger partial charge in [-0.15, -0.1) is 0 Å². The van der Waals surface area contributed by atoms with Gasteiger partial charge in [-0.25, -0.2) is 0 Å². The van der Waals surface area contributed by atoms with E-state index in [0.29, 0.717) is 0 Å². The number of carbonyl (C=O) groups is 3. The Bertz CT molecular complexity index is 327. The van der Waals surface area contributed by atoms with Gasteiger partial charge in [0, 0.05) is 13.8 Å². The Labute approximate surface area is 116 Å². The minimum absolute atomic E-state index is 0.443. The molecular weight excluding hydrogens is 360 g/mol. The molecule has 2 atom stereocenters. The number of ether oxygens (including phenoxy) is 2. The van der Waals surface area contributed by atoms with Gasteiger partial charge < -0.3 is 9.47 Å². The van der Waals surface area contributed by atoms with E-state index in [0.717, 1.165) is 0 Å². The van der Waals surface area contributed by atoms with Crippen LogP contribution in [0.3, 0.4) is 0 Å². The lowest BCUT2D eigenvalue weighted by Crippen LogP contribution is -2.45. The maximum atomic E-state index is 12.0. The molecule has 17 heavy (non-hydrogen) atoms. The SMILES string of the molecule is CC(=O)OC(C)C(=O)C(Br)(Br)C(C)OC(C)=O. The van der Waals surface area contributed by atoms with Gasteiger partial charge in [-0.05, 0) is 13.8 Å². The average molecular weight is 374 g/mol. The highest BCUT2D eigenvalue weighted by Crippen LogP contribution is 2.35. The molecule has 0 saturated heterocycles. The Kier molecular flexibility index (Phi) is 6.32. The average Bonchev–Trinajstić information content (AvgIpc) is 2.14. The van der Waals surface area contributed by atoms with E-state index in [9.17, 15) is 14.4 Å². The van der Waals surface area contributed by atoms with Crippen molar-refractivity contribution in [3.63, 3.8) is 0 Å². The van der Waals surface area contributed by atoms with Crippen LogP contribution in [-0.4, -0.2) is 33.2 Å². The Hall–Kier alpha value is -0.430. The fourth-order valence-corrected chi connectivity index (χ4v) is 1.93. The van der Waals surface area contributed by atoms with Gasteiger partial charge in [-0.3, -0.25) is 14.4 Å². The third kappa shape index (κ3) is 5.16. The van der Waals surface area contributed by atoms with Gasteiger partial charge in [0.15, 0.2) is 9.34 Å². The number of halogens is 2. The molecule has 2 unspecified atom stereocenters. The van der Waals surface area contributed by atoms with Crippen LogP contribution < -0.4 is 0 Å². The molecule has 98 valence electrons. The van der Waals surface area contributed by atoms with E-state index >= 15 is 0 Å². The van der Waals surface area contributed by atoms with Crippen LogP contribution in [0.5, 0.6) is 0 Å². The Balaban J connectivity index is 4.73. The number of ketones is 1. The fraction of sp³-hybridized carbons (Fsp3) is 0.700. The minimum Gasteiger partial charge on any atom is -0.460 e. The topological polar surface area (TPSA) is 69.7 Å². The maximum Gasteiger partial charge on any atom is 0.303 e. The molecule has 0 amide bonds. The second kappa shape index (κ2) is 6.49. The molecule has 0 fully saturated rings. The molecule has 0 aliphatic rings. The van der Waals surface area contributed by atoms with E-state index in [1.165, 1.54) is 20.8 Å². The number of alkyl halides is 2. The molecule has 0 spiro atoms. The van der Waals surface area contributed by atoms with E-state index in [2.05, 4.69) is 31.9 Å². The first-order chi connectivity index (χ1) is 7.59. The summed E-state index contributed by atoms with van der Waals surface area (Å²) in [5.74, 6) is -1.50. The smallest absolute Gasteiger partial charge is 0.303 e. The largest absolute Gasteiger partial charge is 0.460 e. The molecule has 0 aliphatic carbocycles. The zero-order valence-electron chi connectivity index (χ0n) is 9.95. The molecule has 0 N–H and O–H groups in total. The highest BCUT2D eigenvalue weighted by atomic mass is 79.9. The lowest BCUT2D eigenvalue weighted by Gasteiger charge is -2.27. The molecule has 0 bridgehead atoms. The number of hydrogen-bond acceptors (Lipinski definition) is 5. The lowest BCUT2D eigenvalue weighted by molar-refractivity contribution is -0.155. The van der Waals surface area contributed by atoms with E-state index in [4.69, 9.17) is 9.47 Å². The molecule has 7 heteroatoms. The van der Waals surface area contributed by atoms with E-state index < -0.39 is 33.2 Å². The number of carbonyl (C=O) groups excluding carboxylic acids is 3. The van der Waals surface area contributed by atoms with Crippen molar-refractivity contribution in [3.05, 3.63) is 0 Å². The van der Waals surface area contributed by atoms with Crippen LogP contribution in [0, 0.1) is 0 Å². The number of Topliss-reactive ketones (excluding diaryl/α,β-unsaturated/α-hetero) is 1. The summed E-state index contributed by atoms with van der Waals surface area (Å²) < 4.78 is 8.38. The first-order valence-corrected chi connectivity index (χ1v) is 6.44. The molecule has 0 aromatic carbocycles. The van der Waals surface area contributed by atoms with Gasteiger partial charge in [-0.1, -0.05) is 31.9 Å². The molecular formula is C10H14Br2O5. The molecule has 0 aromatic rings. The molecule has 5 nitrogen and oxygen atoms in total. The second-order valence-corrected chi connectivity index (χ2v) is 7.06. The van der Waals surface area contributed by atoms with Crippen LogP contribution in [0.4, 0.5) is 0 Å². The molecule has 0 aromatic heterocycles. The fourth-order valence-electron chi connectivity index (χ4n) is 1.10. The summed E-state index contributed by atoms with van der Waals surface area (Å²) in [5, 5.41) is 0. The van der Waals surface area contributed by atoms with Gasteiger partial charge in [-0.2, -0.15) is 0 Å². The normalized spacial score (nSPS) is 14.7. The zero-order valence-corrected chi connectivity index (χ0v) is 13.1. The summed E-state index contributed by atoms with van der Waals surface area (Å²) in [6.07, 6.45) is -1.69. The first kappa shape index (κ1) is 16.6. The van der Waals surface area contributed by atoms with Gasteiger partial charge >= 0.3 is 11.9 Å². The van der Waals surface area contributed by atoms with Crippen LogP contribution in [0.2, 0.25) is 0 Å². The second-order valence-electron chi connectivity index (χ2n) is 3.49. The molecule has 0 saturated carbocycles. The van der Waals surface area contributed by atoms with E-state index in [1.54, 1.807) is 6.92 Å². The molecule has 0 rings (SSSR count). The summed E-state index contributed by atoms with van der Waals surface area (Å²) >= 11 is 6.26. The van der Waals surface area contributed by atoms with Crippen LogP contribution in [0.1, 0.15) is 27.7 Å². The maximum absolute atomic E-state index is 12.0. The summed E-state index contributed by atoms with van der Waals surface area (Å²) in [5.41, 5.74) is 0. The van der Waals surface area contributed by atoms with Crippen molar-refractivity contribution in [3.8, 4) is 0 Å². The number of esters is 2. The quantitative estimate of drug-likeness (QED) is 0.544. The van der Waals surface area contributed by atoms with Crippen LogP contribution in [0.25, 0.3) is 0 Å². The number of rotatable bonds is 5. The zero-order chi connectivity index (χ0) is 13.8. The van der Waals surface area contributed by atoms with Gasteiger partial charge in [0.2, 0.25) is 5.78 Å². The Morgan fingerprint density at radius 2 is 1.41 bits per heavy atom. The van der Waals surface area contributed by atoms with Crippen LogP contribution in [0.15, 0.2) is 0 Å². The van der Waals surface area contributed by atoms with Crippen LogP contribution in [-0.2, 0) is 23.9 Å². The first-order valence-electron chi connectivity index (χ1n) is 4.85. The Morgan fingerprint density at radius 1 is 1.00 bits per heavy atom. The predicted octanol–water partition coefficient (Wildman–Crippen LogP) is 1.94. The summed E-state index contributed by atoms with van der Waals surface area (Å²) in [4.78, 5) is 33.5. The molecule has 0 aliphatic heterocycles. The lowest BCUT2D eigenvalue weighted by atomic mass is 10.1. The van der Waals surface area contributed by atoms with Crippen LogP contribution >= 0.6 is 31.9 Å². The van der Waals surface area contributed by atoms with Crippen molar-refractivity contribution in [2.75, 3.05) is 0 Å². The monoisotopic (exact) mass is 372 g/mol. The van der Waals surface area contributed by atoms with Crippen molar-refractivity contribution in [2.45, 2.75) is 43.1 Å². The van der Waals surface area contributed by atoms with Crippen molar-refractivity contribution >= 4 is 49.6 Å². The third-order valence-electron chi connectivity index (χ3n) is 1.89. The number of hydrogen-bond donors (Lipinski definition) is 0. The van der Waals surface area contributed by atoms with Crippen molar-refractivity contribution in [1.82, 2.24) is 0 Å². The summed E-state index contributed by atoms with van der Waals surface area (Å²) in [7, 11) is 0. The van der Waals surface area contributed by atoms with Crippen molar-refractivity contribution in [1.29, 1.82) is 0 Å². The molecule has 0 heterocycles. The Morgan fingerprint density at radius 3 is 1.76 bits per heavy atom. The molecule has 0 radical (unpaired) electrons. The van der Waals surface area contributed by atoms with Gasteiger partial charge in [0.25, 0.3) is 0 Å². The standard InChI is InChI=1S/C10H14Br2O5/c1-5(16-7(3)13)9(15)10(11,12)6(2)17-8(4)14/h5-6H,1-4H3. The van der Waals surface area contributed by atoms with Crippen molar-refractivity contribution < 1.29 is 23.9 Å². The van der Waals surface area contributed by atoms with E-state index in [-0.39, 0.29) is 0 Å². The predicted molar refractivity (Wildman–Crippen MR) is 68.0 cm³/mol. The highest BCUT2D eigenvalue weighted by molar-refractivity contribution is 9.26. The summed E-state index contributed by atoms with van der Waals surface area (Å²) in [6, 6.07) is 0. The minimum atomic E-state index is -1.28.